The van der Waals surface area contributed by atoms with E-state index >= 15 is 0 Å². The number of esters is 1. The molecule has 0 N–H and O–H groups in total. The van der Waals surface area contributed by atoms with Gasteiger partial charge < -0.3 is 4.74 Å². The molecule has 0 aliphatic carbocycles. The van der Waals surface area contributed by atoms with Crippen molar-refractivity contribution in [3.63, 3.8) is 0 Å². The number of ketones is 2. The van der Waals surface area contributed by atoms with E-state index in [1.165, 1.54) is 20.3 Å². The molecule has 0 aliphatic heterocycles. The van der Waals surface area contributed by atoms with E-state index in [1.807, 2.05) is 6.92 Å². The number of Topliss-reactive ketones (excluding diaryl/α,β-unsaturated/α-hetero) is 2. The molecule has 0 amide bonds. The van der Waals surface area contributed by atoms with E-state index in [-0.39, 0.29) is 24.0 Å². The molecule has 0 rings (SSSR count). The maximum atomic E-state index is 10.6. The fourth-order valence-corrected chi connectivity index (χ4v) is 0.991. The summed E-state index contributed by atoms with van der Waals surface area (Å²) in [5, 5.41) is 0. The molecule has 0 aromatic heterocycles. The van der Waals surface area contributed by atoms with Crippen molar-refractivity contribution < 1.29 is 19.1 Å². The number of unbranched alkanes of at least 4 members (excludes halogenated alkanes) is 2. The lowest BCUT2D eigenvalue weighted by Gasteiger charge is -2.00. The predicted octanol–water partition coefficient (Wildman–Crippen LogP) is 2.68. The minimum Gasteiger partial charge on any atom is -0.466 e. The third-order valence-corrected chi connectivity index (χ3v) is 1.80. The van der Waals surface area contributed by atoms with Gasteiger partial charge in [-0.05, 0) is 20.3 Å². The SMILES string of the molecule is CC(=O)CC(C)=O.CCCCCOC(=O)CC. The highest BCUT2D eigenvalue weighted by atomic mass is 16.5. The Kier molecular flexibility index (Phi) is 13.8. The topological polar surface area (TPSA) is 60.4 Å². The lowest BCUT2D eigenvalue weighted by Crippen LogP contribution is -2.03. The zero-order chi connectivity index (χ0) is 13.7. The fourth-order valence-electron chi connectivity index (χ4n) is 0.991. The summed E-state index contributed by atoms with van der Waals surface area (Å²) in [7, 11) is 0. The molecular formula is C13H24O4. The molecular weight excluding hydrogens is 220 g/mol. The van der Waals surface area contributed by atoms with Crippen LogP contribution >= 0.6 is 0 Å². The molecule has 0 bridgehead atoms. The van der Waals surface area contributed by atoms with Gasteiger partial charge in [0.05, 0.1) is 13.0 Å². The molecule has 0 spiro atoms. The highest BCUT2D eigenvalue weighted by Gasteiger charge is 1.95. The first-order chi connectivity index (χ1) is 7.93. The van der Waals surface area contributed by atoms with Crippen LogP contribution in [0.1, 0.15) is 59.8 Å². The number of carbonyl (C=O) groups is 3. The minimum absolute atomic E-state index is 0.0625. The van der Waals surface area contributed by atoms with Gasteiger partial charge in [0.1, 0.15) is 11.6 Å². The molecule has 4 heteroatoms. The van der Waals surface area contributed by atoms with Crippen molar-refractivity contribution in [1.29, 1.82) is 0 Å². The van der Waals surface area contributed by atoms with Gasteiger partial charge in [-0.1, -0.05) is 26.7 Å². The van der Waals surface area contributed by atoms with Crippen LogP contribution in [0.4, 0.5) is 0 Å². The van der Waals surface area contributed by atoms with Gasteiger partial charge in [0.2, 0.25) is 0 Å². The molecule has 4 nitrogen and oxygen atoms in total. The lowest BCUT2D eigenvalue weighted by molar-refractivity contribution is -0.143. The largest absolute Gasteiger partial charge is 0.466 e. The Hall–Kier alpha value is -1.19. The average Bonchev–Trinajstić information content (AvgIpc) is 2.23. The first-order valence-electron chi connectivity index (χ1n) is 6.08. The summed E-state index contributed by atoms with van der Waals surface area (Å²) in [6.07, 6.45) is 3.90. The highest BCUT2D eigenvalue weighted by Crippen LogP contribution is 1.95. The second-order valence-corrected chi connectivity index (χ2v) is 3.86. The maximum absolute atomic E-state index is 10.6. The molecule has 0 unspecified atom stereocenters. The standard InChI is InChI=1S/C8H16O2.C5H8O2/c1-3-5-6-7-10-8(9)4-2;1-4(6)3-5(2)7/h3-7H2,1-2H3;3H2,1-2H3. The van der Waals surface area contributed by atoms with Gasteiger partial charge in [-0.15, -0.1) is 0 Å². The van der Waals surface area contributed by atoms with E-state index < -0.39 is 0 Å². The summed E-state index contributed by atoms with van der Waals surface area (Å²) in [5.74, 6) is -0.212. The van der Waals surface area contributed by atoms with Crippen molar-refractivity contribution >= 4 is 17.5 Å². The Labute approximate surface area is 104 Å². The van der Waals surface area contributed by atoms with E-state index in [0.29, 0.717) is 13.0 Å². The van der Waals surface area contributed by atoms with Crippen LogP contribution in [-0.2, 0) is 19.1 Å². The molecule has 0 aromatic carbocycles. The van der Waals surface area contributed by atoms with Gasteiger partial charge in [0.25, 0.3) is 0 Å². The van der Waals surface area contributed by atoms with Gasteiger partial charge in [0.15, 0.2) is 0 Å². The van der Waals surface area contributed by atoms with Crippen LogP contribution in [0.5, 0.6) is 0 Å². The van der Waals surface area contributed by atoms with Crippen molar-refractivity contribution in [3.8, 4) is 0 Å². The molecule has 0 saturated carbocycles. The van der Waals surface area contributed by atoms with Gasteiger partial charge in [0, 0.05) is 6.42 Å². The third-order valence-electron chi connectivity index (χ3n) is 1.80. The van der Waals surface area contributed by atoms with Crippen LogP contribution in [-0.4, -0.2) is 24.1 Å². The Morgan fingerprint density at radius 1 is 0.941 bits per heavy atom. The van der Waals surface area contributed by atoms with E-state index in [2.05, 4.69) is 6.92 Å². The Balaban J connectivity index is 0. The van der Waals surface area contributed by atoms with Gasteiger partial charge in [-0.3, -0.25) is 14.4 Å². The number of hydrogen-bond acceptors (Lipinski definition) is 4. The lowest BCUT2D eigenvalue weighted by atomic mass is 10.2. The maximum Gasteiger partial charge on any atom is 0.305 e. The first kappa shape index (κ1) is 18.2. The first-order valence-corrected chi connectivity index (χ1v) is 6.08. The van der Waals surface area contributed by atoms with Crippen LogP contribution in [0.25, 0.3) is 0 Å². The Morgan fingerprint density at radius 2 is 1.47 bits per heavy atom. The molecule has 100 valence electrons. The summed E-state index contributed by atoms with van der Waals surface area (Å²) < 4.78 is 4.85. The summed E-state index contributed by atoms with van der Waals surface area (Å²) >= 11 is 0. The number of rotatable bonds is 7. The molecule has 0 fully saturated rings. The molecule has 0 aromatic rings. The molecule has 0 saturated heterocycles. The smallest absolute Gasteiger partial charge is 0.305 e. The summed E-state index contributed by atoms with van der Waals surface area (Å²) in [6.45, 7) is 7.34. The van der Waals surface area contributed by atoms with Crippen molar-refractivity contribution in [2.24, 2.45) is 0 Å². The monoisotopic (exact) mass is 244 g/mol. The Bertz CT molecular complexity index is 222. The van der Waals surface area contributed by atoms with Gasteiger partial charge in [-0.25, -0.2) is 0 Å². The normalized spacial score (nSPS) is 8.94. The average molecular weight is 244 g/mol. The Morgan fingerprint density at radius 3 is 1.76 bits per heavy atom. The minimum atomic E-state index is -0.0869. The van der Waals surface area contributed by atoms with Crippen LogP contribution in [0.2, 0.25) is 0 Å². The number of ether oxygens (including phenoxy) is 1. The second-order valence-electron chi connectivity index (χ2n) is 3.86. The van der Waals surface area contributed by atoms with Crippen LogP contribution in [0.3, 0.4) is 0 Å². The molecule has 0 atom stereocenters. The van der Waals surface area contributed by atoms with E-state index in [4.69, 9.17) is 4.74 Å². The van der Waals surface area contributed by atoms with Crippen molar-refractivity contribution in [1.82, 2.24) is 0 Å². The summed E-state index contributed by atoms with van der Waals surface area (Å²) in [5.41, 5.74) is 0. The number of hydrogen-bond donors (Lipinski definition) is 0. The summed E-state index contributed by atoms with van der Waals surface area (Å²) in [4.78, 5) is 30.6. The zero-order valence-electron chi connectivity index (χ0n) is 11.4. The zero-order valence-corrected chi connectivity index (χ0v) is 11.4. The van der Waals surface area contributed by atoms with Crippen LogP contribution < -0.4 is 0 Å². The fraction of sp³-hybridized carbons (Fsp3) is 0.769. The third kappa shape index (κ3) is 20.8. The molecule has 0 aliphatic rings. The van der Waals surface area contributed by atoms with E-state index in [1.54, 1.807) is 0 Å². The summed E-state index contributed by atoms with van der Waals surface area (Å²) in [6, 6.07) is 0. The van der Waals surface area contributed by atoms with Crippen molar-refractivity contribution in [3.05, 3.63) is 0 Å². The van der Waals surface area contributed by atoms with Crippen molar-refractivity contribution in [2.75, 3.05) is 6.61 Å². The quantitative estimate of drug-likeness (QED) is 0.392. The van der Waals surface area contributed by atoms with Crippen molar-refractivity contribution in [2.45, 2.75) is 59.8 Å². The molecule has 17 heavy (non-hydrogen) atoms. The van der Waals surface area contributed by atoms with Gasteiger partial charge in [-0.2, -0.15) is 0 Å². The number of carbonyl (C=O) groups excluding carboxylic acids is 3. The van der Waals surface area contributed by atoms with E-state index in [9.17, 15) is 14.4 Å². The molecule has 0 heterocycles. The van der Waals surface area contributed by atoms with Crippen LogP contribution in [0.15, 0.2) is 0 Å². The highest BCUT2D eigenvalue weighted by molar-refractivity contribution is 5.96. The molecule has 0 radical (unpaired) electrons. The van der Waals surface area contributed by atoms with Gasteiger partial charge >= 0.3 is 5.97 Å². The van der Waals surface area contributed by atoms with Crippen LogP contribution in [0, 0.1) is 0 Å². The predicted molar refractivity (Wildman–Crippen MR) is 66.8 cm³/mol. The second kappa shape index (κ2) is 12.9. The van der Waals surface area contributed by atoms with E-state index in [0.717, 1.165) is 12.8 Å².